The average Bonchev–Trinajstić information content (AvgIpc) is 2.45. The molecule has 0 amide bonds. The summed E-state index contributed by atoms with van der Waals surface area (Å²) < 4.78 is 0. The Kier molecular flexibility index (Phi) is 12.7. The molecule has 4 unspecified atom stereocenters. The molecule has 146 valence electrons. The van der Waals surface area contributed by atoms with Gasteiger partial charge in [-0.25, -0.2) is 0 Å². The highest BCUT2D eigenvalue weighted by molar-refractivity contribution is 4.85. The van der Waals surface area contributed by atoms with Gasteiger partial charge >= 0.3 is 0 Å². The zero-order valence-electron chi connectivity index (χ0n) is 15.1. The molecule has 0 spiro atoms. The van der Waals surface area contributed by atoms with Gasteiger partial charge < -0.3 is 25.5 Å². The summed E-state index contributed by atoms with van der Waals surface area (Å²) in [5.41, 5.74) is 0. The Hall–Kier alpha value is -0.360. The van der Waals surface area contributed by atoms with Crippen LogP contribution in [0, 0.1) is 0 Å². The van der Waals surface area contributed by atoms with Gasteiger partial charge in [0.25, 0.3) is 0 Å². The zero-order chi connectivity index (χ0) is 18.7. The third-order valence-corrected chi connectivity index (χ3v) is 3.22. The van der Waals surface area contributed by atoms with Crippen molar-refractivity contribution >= 4 is 0 Å². The third kappa shape index (κ3) is 12.1. The molecule has 0 rings (SSSR count). The topological polar surface area (TPSA) is 149 Å². The third-order valence-electron chi connectivity index (χ3n) is 3.22. The first-order valence-electron chi connectivity index (χ1n) is 8.47. The van der Waals surface area contributed by atoms with Crippen LogP contribution >= 0.6 is 0 Å². The lowest BCUT2D eigenvalue weighted by molar-refractivity contribution is 0.0394. The molecule has 0 saturated carbocycles. The Morgan fingerprint density at radius 2 is 0.708 bits per heavy atom. The van der Waals surface area contributed by atoms with Crippen LogP contribution < -0.4 is 21.3 Å². The Bertz CT molecular complexity index is 254. The summed E-state index contributed by atoms with van der Waals surface area (Å²) in [7, 11) is 0. The Balaban J connectivity index is 4.86. The van der Waals surface area contributed by atoms with E-state index in [0.29, 0.717) is 0 Å². The summed E-state index contributed by atoms with van der Waals surface area (Å²) in [4.78, 5) is 0. The summed E-state index contributed by atoms with van der Waals surface area (Å²) >= 11 is 0. The number of hydrogen-bond donors (Lipinski definition) is 9. The fraction of sp³-hybridized carbons (Fsp3) is 1.00. The molecule has 0 aromatic heterocycles. The van der Waals surface area contributed by atoms with Gasteiger partial charge in [-0.2, -0.15) is 0 Å². The number of rotatable bonds is 14. The Labute approximate surface area is 144 Å². The molecular formula is C15H36N4O5. The molecular weight excluding hydrogens is 316 g/mol. The quantitative estimate of drug-likeness (QED) is 0.148. The number of hydrogen-bond acceptors (Lipinski definition) is 9. The second kappa shape index (κ2) is 12.9. The molecule has 0 radical (unpaired) electrons. The average molecular weight is 352 g/mol. The fourth-order valence-electron chi connectivity index (χ4n) is 2.01. The molecule has 0 aromatic carbocycles. The van der Waals surface area contributed by atoms with Gasteiger partial charge in [0, 0.05) is 26.2 Å². The second-order valence-electron chi connectivity index (χ2n) is 6.48. The van der Waals surface area contributed by atoms with E-state index in [1.165, 1.54) is 0 Å². The summed E-state index contributed by atoms with van der Waals surface area (Å²) in [6.07, 6.45) is -4.58. The maximum Gasteiger partial charge on any atom is 0.111 e. The van der Waals surface area contributed by atoms with Crippen LogP contribution in [0.2, 0.25) is 0 Å². The summed E-state index contributed by atoms with van der Waals surface area (Å²) in [5, 5.41) is 60.4. The lowest BCUT2D eigenvalue weighted by Gasteiger charge is -2.33. The molecule has 9 heteroatoms. The predicted octanol–water partition coefficient (Wildman–Crippen LogP) is -3.12. The standard InChI is InChI=1S/C15H36N4O5/c1-9(20)5-16-14(17-6-10(2)21)13(24)15(18-7-11(3)22)19-8-12(4)23/h9-24H,5-8H2,1-4H3. The van der Waals surface area contributed by atoms with Crippen LogP contribution in [0.3, 0.4) is 0 Å². The molecule has 0 saturated heterocycles. The molecule has 9 N–H and O–H groups in total. The molecule has 9 nitrogen and oxygen atoms in total. The first-order valence-corrected chi connectivity index (χ1v) is 8.47. The number of nitrogens with one attached hydrogen (secondary N) is 4. The van der Waals surface area contributed by atoms with Gasteiger partial charge in [-0.3, -0.25) is 21.3 Å². The second-order valence-corrected chi connectivity index (χ2v) is 6.48. The van der Waals surface area contributed by atoms with E-state index in [4.69, 9.17) is 0 Å². The SMILES string of the molecule is CC(O)CNC(NCC(C)O)C(O)C(NCC(C)O)NCC(C)O. The minimum absolute atomic E-state index is 0.258. The van der Waals surface area contributed by atoms with Crippen molar-refractivity contribution in [2.75, 3.05) is 26.2 Å². The summed E-state index contributed by atoms with van der Waals surface area (Å²) in [6, 6.07) is 0. The maximum atomic E-state index is 10.6. The predicted molar refractivity (Wildman–Crippen MR) is 92.3 cm³/mol. The molecule has 0 bridgehead atoms. The van der Waals surface area contributed by atoms with Crippen molar-refractivity contribution in [1.82, 2.24) is 21.3 Å². The van der Waals surface area contributed by atoms with E-state index >= 15 is 0 Å². The fourth-order valence-corrected chi connectivity index (χ4v) is 2.01. The van der Waals surface area contributed by atoms with E-state index in [9.17, 15) is 25.5 Å². The molecule has 0 heterocycles. The van der Waals surface area contributed by atoms with Crippen LogP contribution in [-0.4, -0.2) is 94.6 Å². The minimum atomic E-state index is -0.986. The molecule has 0 aromatic rings. The van der Waals surface area contributed by atoms with E-state index < -0.39 is 42.9 Å². The van der Waals surface area contributed by atoms with Crippen molar-refractivity contribution in [3.63, 3.8) is 0 Å². The van der Waals surface area contributed by atoms with E-state index in [1.54, 1.807) is 27.7 Å². The Morgan fingerprint density at radius 1 is 0.500 bits per heavy atom. The van der Waals surface area contributed by atoms with Crippen LogP contribution in [0.25, 0.3) is 0 Å². The van der Waals surface area contributed by atoms with Gasteiger partial charge in [-0.05, 0) is 27.7 Å². The first kappa shape index (κ1) is 23.6. The number of aliphatic hydroxyl groups is 5. The van der Waals surface area contributed by atoms with Crippen molar-refractivity contribution in [2.45, 2.75) is 70.5 Å². The van der Waals surface area contributed by atoms with Crippen molar-refractivity contribution in [1.29, 1.82) is 0 Å². The van der Waals surface area contributed by atoms with Crippen molar-refractivity contribution in [3.8, 4) is 0 Å². The highest BCUT2D eigenvalue weighted by atomic mass is 16.3. The van der Waals surface area contributed by atoms with Gasteiger partial charge in [-0.1, -0.05) is 0 Å². The maximum absolute atomic E-state index is 10.6. The largest absolute Gasteiger partial charge is 0.392 e. The van der Waals surface area contributed by atoms with Crippen LogP contribution in [0.15, 0.2) is 0 Å². The molecule has 0 aliphatic heterocycles. The summed E-state index contributed by atoms with van der Waals surface area (Å²) in [5.74, 6) is 0. The van der Waals surface area contributed by atoms with Crippen molar-refractivity contribution < 1.29 is 25.5 Å². The minimum Gasteiger partial charge on any atom is -0.392 e. The van der Waals surface area contributed by atoms with Gasteiger partial charge in [0.15, 0.2) is 0 Å². The normalized spacial score (nSPS) is 20.9. The molecule has 0 fully saturated rings. The van der Waals surface area contributed by atoms with Crippen LogP contribution in [-0.2, 0) is 0 Å². The lowest BCUT2D eigenvalue weighted by Crippen LogP contribution is -2.64. The monoisotopic (exact) mass is 352 g/mol. The van der Waals surface area contributed by atoms with Crippen LogP contribution in [0.4, 0.5) is 0 Å². The van der Waals surface area contributed by atoms with Crippen molar-refractivity contribution in [3.05, 3.63) is 0 Å². The molecule has 0 aliphatic rings. The van der Waals surface area contributed by atoms with Crippen LogP contribution in [0.5, 0.6) is 0 Å². The lowest BCUT2D eigenvalue weighted by atomic mass is 10.1. The smallest absolute Gasteiger partial charge is 0.111 e. The highest BCUT2D eigenvalue weighted by Gasteiger charge is 2.28. The zero-order valence-corrected chi connectivity index (χ0v) is 15.1. The highest BCUT2D eigenvalue weighted by Crippen LogP contribution is 1.99. The van der Waals surface area contributed by atoms with E-state index in [1.807, 2.05) is 0 Å². The van der Waals surface area contributed by atoms with Gasteiger partial charge in [-0.15, -0.1) is 0 Å². The molecule has 0 aliphatic carbocycles. The van der Waals surface area contributed by atoms with Crippen LogP contribution in [0.1, 0.15) is 27.7 Å². The van der Waals surface area contributed by atoms with E-state index in [2.05, 4.69) is 21.3 Å². The van der Waals surface area contributed by atoms with E-state index in [0.717, 1.165) is 0 Å². The van der Waals surface area contributed by atoms with Gasteiger partial charge in [0.05, 0.1) is 36.7 Å². The molecule has 24 heavy (non-hydrogen) atoms. The summed E-state index contributed by atoms with van der Waals surface area (Å²) in [6.45, 7) is 7.53. The first-order chi connectivity index (χ1) is 11.1. The van der Waals surface area contributed by atoms with E-state index in [-0.39, 0.29) is 26.2 Å². The van der Waals surface area contributed by atoms with Gasteiger partial charge in [0.2, 0.25) is 0 Å². The molecule has 4 atom stereocenters. The number of aliphatic hydroxyl groups excluding tert-OH is 5. The Morgan fingerprint density at radius 3 is 0.875 bits per heavy atom. The van der Waals surface area contributed by atoms with Gasteiger partial charge in [0.1, 0.15) is 6.10 Å². The van der Waals surface area contributed by atoms with Crippen molar-refractivity contribution in [2.24, 2.45) is 0 Å².